The molecule has 5 rings (SSSR count). The van der Waals surface area contributed by atoms with Gasteiger partial charge in [-0.05, 0) is 36.5 Å². The fourth-order valence-corrected chi connectivity index (χ4v) is 4.16. The first kappa shape index (κ1) is 19.3. The number of nitrogens with one attached hydrogen (secondary N) is 1. The Labute approximate surface area is 179 Å². The lowest BCUT2D eigenvalue weighted by atomic mass is 9.68. The van der Waals surface area contributed by atoms with Gasteiger partial charge in [-0.3, -0.25) is 14.8 Å². The van der Waals surface area contributed by atoms with Crippen molar-refractivity contribution in [3.63, 3.8) is 0 Å². The lowest BCUT2D eigenvalue weighted by Crippen LogP contribution is -2.47. The van der Waals surface area contributed by atoms with Crippen molar-refractivity contribution >= 4 is 39.6 Å². The smallest absolute Gasteiger partial charge is 0.246 e. The molecule has 1 saturated carbocycles. The van der Waals surface area contributed by atoms with Crippen molar-refractivity contribution < 1.29 is 4.79 Å². The van der Waals surface area contributed by atoms with E-state index in [0.29, 0.717) is 28.3 Å². The first-order valence-electron chi connectivity index (χ1n) is 10.3. The van der Waals surface area contributed by atoms with E-state index in [1.807, 2.05) is 19.2 Å². The van der Waals surface area contributed by atoms with Crippen LogP contribution in [0.4, 0.5) is 11.5 Å². The van der Waals surface area contributed by atoms with Gasteiger partial charge in [-0.15, -0.1) is 0 Å². The van der Waals surface area contributed by atoms with Crippen LogP contribution in [-0.4, -0.2) is 48.7 Å². The molecule has 0 radical (unpaired) electrons. The third-order valence-corrected chi connectivity index (χ3v) is 5.85. The maximum Gasteiger partial charge on any atom is 0.246 e. The highest BCUT2D eigenvalue weighted by Crippen LogP contribution is 2.43. The van der Waals surface area contributed by atoms with E-state index in [2.05, 4.69) is 44.1 Å². The summed E-state index contributed by atoms with van der Waals surface area (Å²) in [5.74, 6) is 0.573. The zero-order valence-electron chi connectivity index (χ0n) is 17.8. The molecule has 9 nitrogen and oxygen atoms in total. The number of carbonyl (C=O) groups is 1. The van der Waals surface area contributed by atoms with Crippen LogP contribution in [0.2, 0.25) is 0 Å². The topological polar surface area (TPSA) is 102 Å². The second kappa shape index (κ2) is 7.26. The lowest BCUT2D eigenvalue weighted by Gasteiger charge is -2.47. The molecular weight excluding hydrogens is 392 g/mol. The summed E-state index contributed by atoms with van der Waals surface area (Å²) in [5, 5.41) is 7.17. The Kier molecular flexibility index (Phi) is 4.53. The van der Waals surface area contributed by atoms with Gasteiger partial charge in [0.05, 0.1) is 35.3 Å². The maximum atomic E-state index is 12.6. The molecule has 1 aliphatic carbocycles. The number of amides is 1. The average molecular weight is 416 g/mol. The Hall–Kier alpha value is -3.62. The summed E-state index contributed by atoms with van der Waals surface area (Å²) in [6.45, 7) is 4.59. The zero-order valence-corrected chi connectivity index (χ0v) is 17.8. The molecule has 158 valence electrons. The molecule has 0 aliphatic heterocycles. The minimum absolute atomic E-state index is 0.0298. The Bertz CT molecular complexity index is 1270. The molecule has 31 heavy (non-hydrogen) atoms. The number of aromatic nitrogens is 6. The van der Waals surface area contributed by atoms with Crippen molar-refractivity contribution in [2.24, 2.45) is 5.41 Å². The highest BCUT2D eigenvalue weighted by molar-refractivity contribution is 5.92. The van der Waals surface area contributed by atoms with Gasteiger partial charge in [0.2, 0.25) is 5.91 Å². The number of rotatable bonds is 5. The molecule has 1 amide bonds. The second-order valence-corrected chi connectivity index (χ2v) is 8.89. The largest absolute Gasteiger partial charge is 0.355 e. The lowest BCUT2D eigenvalue weighted by molar-refractivity contribution is -0.116. The van der Waals surface area contributed by atoms with E-state index >= 15 is 0 Å². The van der Waals surface area contributed by atoms with Crippen LogP contribution in [0, 0.1) is 5.41 Å². The number of hydrogen-bond donors (Lipinski definition) is 1. The van der Waals surface area contributed by atoms with Gasteiger partial charge in [-0.25, -0.2) is 14.6 Å². The summed E-state index contributed by atoms with van der Waals surface area (Å²) >= 11 is 0. The molecule has 0 aromatic carbocycles. The minimum Gasteiger partial charge on any atom is -0.355 e. The Balaban J connectivity index is 1.33. The molecule has 4 aromatic rings. The Morgan fingerprint density at radius 3 is 2.77 bits per heavy atom. The van der Waals surface area contributed by atoms with Gasteiger partial charge in [0.1, 0.15) is 17.9 Å². The van der Waals surface area contributed by atoms with Gasteiger partial charge < -0.3 is 10.2 Å². The van der Waals surface area contributed by atoms with Crippen LogP contribution in [-0.2, 0) is 11.3 Å². The van der Waals surface area contributed by atoms with Crippen LogP contribution >= 0.6 is 0 Å². The van der Waals surface area contributed by atoms with Crippen LogP contribution in [0.1, 0.15) is 26.7 Å². The Morgan fingerprint density at radius 2 is 1.97 bits per heavy atom. The van der Waals surface area contributed by atoms with E-state index in [4.69, 9.17) is 4.98 Å². The van der Waals surface area contributed by atoms with Crippen molar-refractivity contribution in [2.75, 3.05) is 17.3 Å². The molecule has 0 atom stereocenters. The van der Waals surface area contributed by atoms with Gasteiger partial charge in [0, 0.05) is 19.3 Å². The highest BCUT2D eigenvalue weighted by Gasteiger charge is 2.38. The van der Waals surface area contributed by atoms with E-state index in [-0.39, 0.29) is 12.5 Å². The first-order valence-corrected chi connectivity index (χ1v) is 10.3. The van der Waals surface area contributed by atoms with Crippen LogP contribution < -0.4 is 10.2 Å². The maximum absolute atomic E-state index is 12.6. The van der Waals surface area contributed by atoms with Gasteiger partial charge >= 0.3 is 0 Å². The van der Waals surface area contributed by atoms with E-state index < -0.39 is 0 Å². The SMILES string of the molecule is CN(c1cnc2cnn(CC(=O)Nc3cnc4cccnc4c3)c2n1)C1CC(C)(C)C1. The number of nitrogens with zero attached hydrogens (tertiary/aromatic N) is 7. The van der Waals surface area contributed by atoms with E-state index in [9.17, 15) is 4.79 Å². The number of anilines is 2. The second-order valence-electron chi connectivity index (χ2n) is 8.89. The average Bonchev–Trinajstić information content (AvgIpc) is 3.13. The molecule has 0 saturated heterocycles. The number of pyridine rings is 2. The third-order valence-electron chi connectivity index (χ3n) is 5.85. The number of hydrogen-bond acceptors (Lipinski definition) is 7. The van der Waals surface area contributed by atoms with E-state index in [1.54, 1.807) is 35.5 Å². The fraction of sp³-hybridized carbons (Fsp3) is 0.364. The first-order chi connectivity index (χ1) is 14.9. The molecule has 1 fully saturated rings. The van der Waals surface area contributed by atoms with Crippen LogP contribution in [0.25, 0.3) is 22.2 Å². The summed E-state index contributed by atoms with van der Waals surface area (Å²) in [7, 11) is 2.05. The summed E-state index contributed by atoms with van der Waals surface area (Å²) < 4.78 is 1.58. The molecule has 1 N–H and O–H groups in total. The van der Waals surface area contributed by atoms with Crippen molar-refractivity contribution in [3.8, 4) is 0 Å². The van der Waals surface area contributed by atoms with Gasteiger partial charge in [0.25, 0.3) is 0 Å². The van der Waals surface area contributed by atoms with Crippen LogP contribution in [0.3, 0.4) is 0 Å². The molecular formula is C22H24N8O. The van der Waals surface area contributed by atoms with E-state index in [1.165, 1.54) is 0 Å². The predicted molar refractivity (Wildman–Crippen MR) is 119 cm³/mol. The molecule has 0 bridgehead atoms. The summed E-state index contributed by atoms with van der Waals surface area (Å²) in [5.41, 5.74) is 3.73. The highest BCUT2D eigenvalue weighted by atomic mass is 16.2. The van der Waals surface area contributed by atoms with Crippen LogP contribution in [0.5, 0.6) is 0 Å². The normalized spacial score (nSPS) is 15.7. The third kappa shape index (κ3) is 3.78. The summed E-state index contributed by atoms with van der Waals surface area (Å²) in [4.78, 5) is 32.6. The quantitative estimate of drug-likeness (QED) is 0.533. The monoisotopic (exact) mass is 416 g/mol. The van der Waals surface area contributed by atoms with E-state index in [0.717, 1.165) is 29.7 Å². The van der Waals surface area contributed by atoms with Crippen molar-refractivity contribution in [1.29, 1.82) is 0 Å². The number of fused-ring (bicyclic) bond motifs is 2. The minimum atomic E-state index is -0.219. The standard InChI is InChI=1S/C22H24N8O/c1-22(2)8-15(9-22)29(3)19-12-25-18-11-26-30(21(18)28-19)13-20(31)27-14-7-17-16(24-10-14)5-4-6-23-17/h4-7,10-12,15H,8-9,13H2,1-3H3,(H,27,31). The van der Waals surface area contributed by atoms with Crippen LogP contribution in [0.15, 0.2) is 43.0 Å². The van der Waals surface area contributed by atoms with Crippen molar-refractivity contribution in [2.45, 2.75) is 39.3 Å². The molecule has 0 unspecified atom stereocenters. The van der Waals surface area contributed by atoms with Crippen molar-refractivity contribution in [1.82, 2.24) is 29.7 Å². The predicted octanol–water partition coefficient (Wildman–Crippen LogP) is 3.03. The van der Waals surface area contributed by atoms with Gasteiger partial charge in [0.15, 0.2) is 5.65 Å². The molecule has 1 aliphatic rings. The molecule has 0 spiro atoms. The summed E-state index contributed by atoms with van der Waals surface area (Å²) in [6, 6.07) is 5.96. The molecule has 4 heterocycles. The van der Waals surface area contributed by atoms with Gasteiger partial charge in [-0.2, -0.15) is 5.10 Å². The summed E-state index contributed by atoms with van der Waals surface area (Å²) in [6.07, 6.45) is 8.97. The fourth-order valence-electron chi connectivity index (χ4n) is 4.16. The zero-order chi connectivity index (χ0) is 21.6. The van der Waals surface area contributed by atoms with Crippen molar-refractivity contribution in [3.05, 3.63) is 43.0 Å². The molecule has 9 heteroatoms. The Morgan fingerprint density at radius 1 is 1.16 bits per heavy atom. The number of carbonyl (C=O) groups excluding carboxylic acids is 1. The molecule has 4 aromatic heterocycles. The van der Waals surface area contributed by atoms with Gasteiger partial charge in [-0.1, -0.05) is 13.8 Å².